The van der Waals surface area contributed by atoms with Gasteiger partial charge in [0.2, 0.25) is 0 Å². The van der Waals surface area contributed by atoms with E-state index in [2.05, 4.69) is 0 Å². The van der Waals surface area contributed by atoms with Crippen LogP contribution >= 0.6 is 0 Å². The lowest BCUT2D eigenvalue weighted by Gasteiger charge is -2.31. The molecule has 1 saturated carbocycles. The molecule has 1 atom stereocenters. The molecule has 14 heavy (non-hydrogen) atoms. The maximum absolute atomic E-state index is 11.4. The summed E-state index contributed by atoms with van der Waals surface area (Å²) in [6, 6.07) is -0.00130. The summed E-state index contributed by atoms with van der Waals surface area (Å²) in [6.45, 7) is 5.62. The van der Waals surface area contributed by atoms with Crippen molar-refractivity contribution in [2.45, 2.75) is 58.1 Å². The fourth-order valence-electron chi connectivity index (χ4n) is 1.61. The van der Waals surface area contributed by atoms with Gasteiger partial charge in [0.1, 0.15) is 5.60 Å². The van der Waals surface area contributed by atoms with Gasteiger partial charge in [-0.25, -0.2) is 0 Å². The van der Waals surface area contributed by atoms with E-state index >= 15 is 0 Å². The van der Waals surface area contributed by atoms with Gasteiger partial charge in [-0.05, 0) is 39.5 Å². The minimum Gasteiger partial charge on any atom is -0.460 e. The third-order valence-corrected chi connectivity index (χ3v) is 2.58. The Labute approximate surface area is 86.0 Å². The third-order valence-electron chi connectivity index (χ3n) is 2.58. The van der Waals surface area contributed by atoms with Crippen LogP contribution < -0.4 is 5.73 Å². The van der Waals surface area contributed by atoms with Crippen LogP contribution in [0.25, 0.3) is 0 Å². The van der Waals surface area contributed by atoms with Crippen molar-refractivity contribution < 1.29 is 9.53 Å². The first-order valence-electron chi connectivity index (χ1n) is 5.36. The van der Waals surface area contributed by atoms with Gasteiger partial charge in [-0.15, -0.1) is 0 Å². The van der Waals surface area contributed by atoms with E-state index in [0.717, 1.165) is 0 Å². The summed E-state index contributed by atoms with van der Waals surface area (Å²) >= 11 is 0. The molecule has 0 heterocycles. The van der Waals surface area contributed by atoms with Crippen LogP contribution in [0.2, 0.25) is 0 Å². The van der Waals surface area contributed by atoms with E-state index < -0.39 is 5.60 Å². The quantitative estimate of drug-likeness (QED) is 0.706. The van der Waals surface area contributed by atoms with Gasteiger partial charge in [0.25, 0.3) is 0 Å². The number of carbonyl (C=O) groups excluding carboxylic acids is 1. The van der Waals surface area contributed by atoms with E-state index in [1.165, 1.54) is 19.3 Å². The smallest absolute Gasteiger partial charge is 0.307 e. The summed E-state index contributed by atoms with van der Waals surface area (Å²) in [7, 11) is 0. The first kappa shape index (κ1) is 11.5. The van der Waals surface area contributed by atoms with E-state index in [-0.39, 0.29) is 12.0 Å². The van der Waals surface area contributed by atoms with Crippen LogP contribution in [0, 0.1) is 5.92 Å². The van der Waals surface area contributed by atoms with Crippen molar-refractivity contribution in [1.29, 1.82) is 0 Å². The lowest BCUT2D eigenvalue weighted by atomic mass is 9.79. The number of rotatable bonds is 3. The highest BCUT2D eigenvalue weighted by Crippen LogP contribution is 2.30. The molecule has 0 bridgehead atoms. The minimum absolute atomic E-state index is 0.00130. The summed E-state index contributed by atoms with van der Waals surface area (Å²) in [6.07, 6.45) is 3.96. The summed E-state index contributed by atoms with van der Waals surface area (Å²) in [4.78, 5) is 11.4. The van der Waals surface area contributed by atoms with Crippen molar-refractivity contribution in [3.63, 3.8) is 0 Å². The molecule has 0 amide bonds. The highest BCUT2D eigenvalue weighted by Gasteiger charge is 2.27. The molecule has 3 heteroatoms. The molecule has 1 aliphatic carbocycles. The monoisotopic (exact) mass is 199 g/mol. The van der Waals surface area contributed by atoms with E-state index in [4.69, 9.17) is 10.5 Å². The molecular weight excluding hydrogens is 178 g/mol. The summed E-state index contributed by atoms with van der Waals surface area (Å²) in [5.41, 5.74) is 5.51. The second-order valence-electron chi connectivity index (χ2n) is 5.15. The largest absolute Gasteiger partial charge is 0.460 e. The molecule has 0 aromatic rings. The zero-order valence-corrected chi connectivity index (χ0v) is 9.38. The molecule has 0 aromatic heterocycles. The van der Waals surface area contributed by atoms with Gasteiger partial charge in [0.05, 0.1) is 6.42 Å². The first-order chi connectivity index (χ1) is 6.38. The lowest BCUT2D eigenvalue weighted by molar-refractivity contribution is -0.155. The van der Waals surface area contributed by atoms with Crippen molar-refractivity contribution in [2.24, 2.45) is 11.7 Å². The Kier molecular flexibility index (Phi) is 3.53. The molecule has 2 N–H and O–H groups in total. The Morgan fingerprint density at radius 1 is 1.50 bits per heavy atom. The lowest BCUT2D eigenvalue weighted by Crippen LogP contribution is -2.38. The molecule has 1 unspecified atom stereocenters. The molecular formula is C11H21NO2. The zero-order chi connectivity index (χ0) is 10.8. The molecule has 3 nitrogen and oxygen atoms in total. The Hall–Kier alpha value is -0.570. The van der Waals surface area contributed by atoms with Crippen LogP contribution in [0.5, 0.6) is 0 Å². The SMILES string of the molecule is CC(C)(C)OC(=O)CC(N)C1CCC1. The van der Waals surface area contributed by atoms with Crippen LogP contribution in [0.15, 0.2) is 0 Å². The molecule has 0 aliphatic heterocycles. The zero-order valence-electron chi connectivity index (χ0n) is 9.38. The summed E-state index contributed by atoms with van der Waals surface area (Å²) in [5.74, 6) is 0.374. The topological polar surface area (TPSA) is 52.3 Å². The van der Waals surface area contributed by atoms with Gasteiger partial charge in [0, 0.05) is 6.04 Å². The predicted octanol–water partition coefficient (Wildman–Crippen LogP) is 1.85. The number of esters is 1. The number of ether oxygens (including phenoxy) is 1. The van der Waals surface area contributed by atoms with Crippen LogP contribution in [-0.2, 0) is 9.53 Å². The normalized spacial score (nSPS) is 20.0. The maximum Gasteiger partial charge on any atom is 0.307 e. The summed E-state index contributed by atoms with van der Waals surface area (Å²) in [5, 5.41) is 0. The van der Waals surface area contributed by atoms with Crippen LogP contribution in [0.4, 0.5) is 0 Å². The highest BCUT2D eigenvalue weighted by molar-refractivity contribution is 5.70. The number of nitrogens with two attached hydrogens (primary N) is 1. The van der Waals surface area contributed by atoms with E-state index in [1.54, 1.807) is 0 Å². The second kappa shape index (κ2) is 4.30. The maximum atomic E-state index is 11.4. The molecule has 82 valence electrons. The fourth-order valence-corrected chi connectivity index (χ4v) is 1.61. The van der Waals surface area contributed by atoms with E-state index in [1.807, 2.05) is 20.8 Å². The standard InChI is InChI=1S/C11H21NO2/c1-11(2,3)14-10(13)7-9(12)8-5-4-6-8/h8-9H,4-7,12H2,1-3H3. The number of carbonyl (C=O) groups is 1. The number of hydrogen-bond donors (Lipinski definition) is 1. The molecule has 1 fully saturated rings. The number of hydrogen-bond acceptors (Lipinski definition) is 3. The average Bonchev–Trinajstić information content (AvgIpc) is 1.75. The molecule has 1 rings (SSSR count). The van der Waals surface area contributed by atoms with E-state index in [9.17, 15) is 4.79 Å². The van der Waals surface area contributed by atoms with Gasteiger partial charge in [-0.3, -0.25) is 4.79 Å². The highest BCUT2D eigenvalue weighted by atomic mass is 16.6. The Bertz CT molecular complexity index is 204. The van der Waals surface area contributed by atoms with Crippen LogP contribution in [-0.4, -0.2) is 17.6 Å². The molecule has 0 saturated heterocycles. The van der Waals surface area contributed by atoms with Gasteiger partial charge in [-0.2, -0.15) is 0 Å². The van der Waals surface area contributed by atoms with Crippen LogP contribution in [0.1, 0.15) is 46.5 Å². The van der Waals surface area contributed by atoms with Gasteiger partial charge in [-0.1, -0.05) is 6.42 Å². The van der Waals surface area contributed by atoms with E-state index in [0.29, 0.717) is 12.3 Å². The third kappa shape index (κ3) is 3.66. The average molecular weight is 199 g/mol. The van der Waals surface area contributed by atoms with Gasteiger partial charge in [0.15, 0.2) is 0 Å². The van der Waals surface area contributed by atoms with Crippen molar-refractivity contribution in [3.8, 4) is 0 Å². The van der Waals surface area contributed by atoms with Crippen molar-refractivity contribution in [1.82, 2.24) is 0 Å². The molecule has 0 spiro atoms. The fraction of sp³-hybridized carbons (Fsp3) is 0.909. The van der Waals surface area contributed by atoms with Crippen molar-refractivity contribution in [2.75, 3.05) is 0 Å². The second-order valence-corrected chi connectivity index (χ2v) is 5.15. The Morgan fingerprint density at radius 2 is 2.07 bits per heavy atom. The van der Waals surface area contributed by atoms with Gasteiger partial charge < -0.3 is 10.5 Å². The van der Waals surface area contributed by atoms with Crippen LogP contribution in [0.3, 0.4) is 0 Å². The Morgan fingerprint density at radius 3 is 2.43 bits per heavy atom. The molecule has 0 aromatic carbocycles. The van der Waals surface area contributed by atoms with Gasteiger partial charge >= 0.3 is 5.97 Å². The molecule has 0 radical (unpaired) electrons. The van der Waals surface area contributed by atoms with Crippen molar-refractivity contribution >= 4 is 5.97 Å². The Balaban J connectivity index is 2.25. The summed E-state index contributed by atoms with van der Waals surface area (Å²) < 4.78 is 5.21. The predicted molar refractivity (Wildman–Crippen MR) is 55.8 cm³/mol. The minimum atomic E-state index is -0.392. The van der Waals surface area contributed by atoms with Crippen molar-refractivity contribution in [3.05, 3.63) is 0 Å². The molecule has 1 aliphatic rings. The first-order valence-corrected chi connectivity index (χ1v) is 5.36.